The number of sulfonamides is 1. The summed E-state index contributed by atoms with van der Waals surface area (Å²) in [6.07, 6.45) is 2.18. The van der Waals surface area contributed by atoms with E-state index in [9.17, 15) is 23.1 Å². The third-order valence-electron chi connectivity index (χ3n) is 5.25. The summed E-state index contributed by atoms with van der Waals surface area (Å²) in [4.78, 5) is 23.8. The van der Waals surface area contributed by atoms with Gasteiger partial charge in [-0.1, -0.05) is 39.8 Å². The Bertz CT molecular complexity index is 788. The minimum atomic E-state index is -3.93. The summed E-state index contributed by atoms with van der Waals surface area (Å²) in [6.45, 7) is 7.01. The molecule has 0 spiro atoms. The molecule has 0 radical (unpaired) electrons. The standard InChI is InChI=1S/C20H29NO5S/c1-13(2)18(22)15-9-11-20(24,12-10-15)16-5-7-17(8-6-16)27(25,26)21-19(23)14(3)4/h5-8,13-15,24H,9-12H2,1-4H3,(H,21,23). The Labute approximate surface area is 161 Å². The summed E-state index contributed by atoms with van der Waals surface area (Å²) in [5.74, 6) is -0.795. The molecule has 1 aliphatic rings. The van der Waals surface area contributed by atoms with Gasteiger partial charge >= 0.3 is 0 Å². The first kappa shape index (κ1) is 21.6. The van der Waals surface area contributed by atoms with Gasteiger partial charge in [0.15, 0.2) is 0 Å². The van der Waals surface area contributed by atoms with Gasteiger partial charge in [0.2, 0.25) is 5.91 Å². The van der Waals surface area contributed by atoms with Crippen molar-refractivity contribution in [2.75, 3.05) is 0 Å². The number of Topliss-reactive ketones (excluding diaryl/α,β-unsaturated/α-hetero) is 1. The Morgan fingerprint density at radius 2 is 1.56 bits per heavy atom. The van der Waals surface area contributed by atoms with Gasteiger partial charge in [-0.05, 0) is 43.4 Å². The molecule has 1 amide bonds. The van der Waals surface area contributed by atoms with Gasteiger partial charge < -0.3 is 5.11 Å². The fourth-order valence-electron chi connectivity index (χ4n) is 3.39. The Kier molecular flexibility index (Phi) is 6.47. The molecule has 0 saturated heterocycles. The van der Waals surface area contributed by atoms with Crippen molar-refractivity contribution in [1.82, 2.24) is 4.72 Å². The molecule has 27 heavy (non-hydrogen) atoms. The van der Waals surface area contributed by atoms with E-state index in [4.69, 9.17) is 0 Å². The second-order valence-electron chi connectivity index (χ2n) is 8.01. The van der Waals surface area contributed by atoms with Crippen LogP contribution in [0.3, 0.4) is 0 Å². The topological polar surface area (TPSA) is 101 Å². The van der Waals surface area contributed by atoms with Gasteiger partial charge in [0.05, 0.1) is 10.5 Å². The number of aliphatic hydroxyl groups is 1. The first-order chi connectivity index (χ1) is 12.5. The molecule has 0 atom stereocenters. The Morgan fingerprint density at radius 3 is 2.00 bits per heavy atom. The van der Waals surface area contributed by atoms with Crippen molar-refractivity contribution in [1.29, 1.82) is 0 Å². The van der Waals surface area contributed by atoms with E-state index in [2.05, 4.69) is 0 Å². The third-order valence-corrected chi connectivity index (χ3v) is 6.61. The van der Waals surface area contributed by atoms with Crippen molar-refractivity contribution in [2.45, 2.75) is 63.9 Å². The molecule has 1 fully saturated rings. The highest BCUT2D eigenvalue weighted by Crippen LogP contribution is 2.40. The van der Waals surface area contributed by atoms with E-state index in [1.165, 1.54) is 12.1 Å². The summed E-state index contributed by atoms with van der Waals surface area (Å²) in [6, 6.07) is 5.96. The predicted octanol–water partition coefficient (Wildman–Crippen LogP) is 2.75. The Hall–Kier alpha value is -1.73. The minimum Gasteiger partial charge on any atom is -0.385 e. The number of carbonyl (C=O) groups is 2. The molecule has 6 nitrogen and oxygen atoms in total. The van der Waals surface area contributed by atoms with Crippen molar-refractivity contribution >= 4 is 21.7 Å². The van der Waals surface area contributed by atoms with Crippen LogP contribution in [0.25, 0.3) is 0 Å². The lowest BCUT2D eigenvalue weighted by Crippen LogP contribution is -2.35. The monoisotopic (exact) mass is 395 g/mol. The van der Waals surface area contributed by atoms with Gasteiger partial charge in [-0.2, -0.15) is 0 Å². The number of hydrogen-bond donors (Lipinski definition) is 2. The summed E-state index contributed by atoms with van der Waals surface area (Å²) < 4.78 is 26.6. The lowest BCUT2D eigenvalue weighted by molar-refractivity contribution is -0.129. The van der Waals surface area contributed by atoms with Crippen LogP contribution < -0.4 is 4.72 Å². The molecule has 2 rings (SSSR count). The normalized spacial score (nSPS) is 23.4. The molecule has 2 N–H and O–H groups in total. The lowest BCUT2D eigenvalue weighted by Gasteiger charge is -2.36. The van der Waals surface area contributed by atoms with Gasteiger partial charge in [-0.3, -0.25) is 9.59 Å². The van der Waals surface area contributed by atoms with Gasteiger partial charge in [-0.25, -0.2) is 13.1 Å². The van der Waals surface area contributed by atoms with Crippen molar-refractivity contribution in [3.8, 4) is 0 Å². The number of benzene rings is 1. The summed E-state index contributed by atoms with van der Waals surface area (Å²) >= 11 is 0. The zero-order chi connectivity index (χ0) is 20.4. The molecule has 0 heterocycles. The first-order valence-corrected chi connectivity index (χ1v) is 10.9. The Balaban J connectivity index is 2.11. The summed E-state index contributed by atoms with van der Waals surface area (Å²) in [7, 11) is -3.93. The van der Waals surface area contributed by atoms with Crippen LogP contribution in [0.2, 0.25) is 0 Å². The number of rotatable bonds is 6. The molecular formula is C20H29NO5S. The van der Waals surface area contributed by atoms with Gasteiger partial charge in [0, 0.05) is 17.8 Å². The van der Waals surface area contributed by atoms with Crippen LogP contribution in [0, 0.1) is 17.8 Å². The second-order valence-corrected chi connectivity index (χ2v) is 9.69. The fourth-order valence-corrected chi connectivity index (χ4v) is 4.51. The van der Waals surface area contributed by atoms with Crippen LogP contribution in [-0.4, -0.2) is 25.2 Å². The third kappa shape index (κ3) is 4.96. The maximum absolute atomic E-state index is 12.3. The minimum absolute atomic E-state index is 0.00766. The van der Waals surface area contributed by atoms with E-state index in [1.807, 2.05) is 18.6 Å². The zero-order valence-electron chi connectivity index (χ0n) is 16.4. The maximum atomic E-state index is 12.3. The van der Waals surface area contributed by atoms with Crippen LogP contribution in [-0.2, 0) is 25.2 Å². The van der Waals surface area contributed by atoms with E-state index in [-0.39, 0.29) is 22.5 Å². The summed E-state index contributed by atoms with van der Waals surface area (Å²) in [5, 5.41) is 11.0. The molecule has 1 aromatic carbocycles. The molecule has 1 aromatic rings. The predicted molar refractivity (Wildman–Crippen MR) is 102 cm³/mol. The van der Waals surface area contributed by atoms with Crippen LogP contribution in [0.4, 0.5) is 0 Å². The van der Waals surface area contributed by atoms with Gasteiger partial charge in [0.25, 0.3) is 10.0 Å². The highest BCUT2D eigenvalue weighted by Gasteiger charge is 2.37. The van der Waals surface area contributed by atoms with E-state index in [0.29, 0.717) is 31.2 Å². The molecule has 150 valence electrons. The van der Waals surface area contributed by atoms with E-state index < -0.39 is 27.4 Å². The smallest absolute Gasteiger partial charge is 0.264 e. The van der Waals surface area contributed by atoms with Crippen LogP contribution in [0.1, 0.15) is 58.9 Å². The van der Waals surface area contributed by atoms with Crippen LogP contribution in [0.15, 0.2) is 29.2 Å². The molecule has 0 unspecified atom stereocenters. The zero-order valence-corrected chi connectivity index (χ0v) is 17.2. The molecular weight excluding hydrogens is 366 g/mol. The Morgan fingerprint density at radius 1 is 1.04 bits per heavy atom. The molecule has 1 aliphatic carbocycles. The summed E-state index contributed by atoms with van der Waals surface area (Å²) in [5.41, 5.74) is -0.427. The quantitative estimate of drug-likeness (QED) is 0.771. The van der Waals surface area contributed by atoms with Gasteiger partial charge in [0.1, 0.15) is 5.78 Å². The number of ketones is 1. The number of amides is 1. The largest absolute Gasteiger partial charge is 0.385 e. The number of nitrogens with one attached hydrogen (secondary N) is 1. The first-order valence-electron chi connectivity index (χ1n) is 9.39. The molecule has 0 aromatic heterocycles. The SMILES string of the molecule is CC(C)C(=O)NS(=O)(=O)c1ccc(C2(O)CCC(C(=O)C(C)C)CC2)cc1. The van der Waals surface area contributed by atoms with Crippen molar-refractivity contribution in [3.05, 3.63) is 29.8 Å². The van der Waals surface area contributed by atoms with Crippen molar-refractivity contribution in [3.63, 3.8) is 0 Å². The second kappa shape index (κ2) is 8.10. The lowest BCUT2D eigenvalue weighted by atomic mass is 9.73. The molecule has 1 saturated carbocycles. The van der Waals surface area contributed by atoms with Crippen molar-refractivity contribution in [2.24, 2.45) is 17.8 Å². The highest BCUT2D eigenvalue weighted by molar-refractivity contribution is 7.90. The highest BCUT2D eigenvalue weighted by atomic mass is 32.2. The molecule has 0 bridgehead atoms. The van der Waals surface area contributed by atoms with Gasteiger partial charge in [-0.15, -0.1) is 0 Å². The fraction of sp³-hybridized carbons (Fsp3) is 0.600. The maximum Gasteiger partial charge on any atom is 0.264 e. The van der Waals surface area contributed by atoms with Crippen molar-refractivity contribution < 1.29 is 23.1 Å². The average Bonchev–Trinajstić information content (AvgIpc) is 2.61. The average molecular weight is 396 g/mol. The van der Waals surface area contributed by atoms with E-state index in [0.717, 1.165) is 0 Å². The molecule has 0 aliphatic heterocycles. The molecule has 7 heteroatoms. The van der Waals surface area contributed by atoms with E-state index >= 15 is 0 Å². The number of hydrogen-bond acceptors (Lipinski definition) is 5. The number of carbonyl (C=O) groups excluding carboxylic acids is 2. The van der Waals surface area contributed by atoms with Crippen LogP contribution >= 0.6 is 0 Å². The van der Waals surface area contributed by atoms with E-state index in [1.54, 1.807) is 26.0 Å². The van der Waals surface area contributed by atoms with Crippen LogP contribution in [0.5, 0.6) is 0 Å².